The van der Waals surface area contributed by atoms with Gasteiger partial charge >= 0.3 is 0 Å². The third-order valence-electron chi connectivity index (χ3n) is 6.79. The Morgan fingerprint density at radius 2 is 1.33 bits per heavy atom. The van der Waals surface area contributed by atoms with Crippen molar-refractivity contribution in [2.75, 3.05) is 31.1 Å². The first-order valence-corrected chi connectivity index (χ1v) is 12.8. The van der Waals surface area contributed by atoms with Crippen LogP contribution in [-0.4, -0.2) is 41.0 Å². The standard InChI is InChI=1S/C29H24F2N4S/c30-23-10-6-21(7-11-23)27(22-8-12-24(31)13-9-22)34-14-16-35(17-15-34)28-26-25(20-4-2-1-3-5-20)18-36-29(26)33-19-32-28/h1-13,18-19,27H,14-17H2. The first-order chi connectivity index (χ1) is 17.7. The van der Waals surface area contributed by atoms with Crippen LogP contribution in [0.1, 0.15) is 17.2 Å². The number of fused-ring (bicyclic) bond motifs is 1. The number of nitrogens with zero attached hydrogens (tertiary/aromatic N) is 4. The Labute approximate surface area is 212 Å². The van der Waals surface area contributed by atoms with Crippen molar-refractivity contribution in [2.24, 2.45) is 0 Å². The van der Waals surface area contributed by atoms with E-state index in [1.165, 1.54) is 24.3 Å². The quantitative estimate of drug-likeness (QED) is 0.275. The van der Waals surface area contributed by atoms with Crippen molar-refractivity contribution in [1.82, 2.24) is 14.9 Å². The molecule has 6 rings (SSSR count). The van der Waals surface area contributed by atoms with Crippen LogP contribution in [0, 0.1) is 11.6 Å². The third-order valence-corrected chi connectivity index (χ3v) is 7.67. The fourth-order valence-electron chi connectivity index (χ4n) is 5.03. The number of hydrogen-bond donors (Lipinski definition) is 0. The van der Waals surface area contributed by atoms with Crippen molar-refractivity contribution in [1.29, 1.82) is 0 Å². The Kier molecular flexibility index (Phi) is 6.17. The Bertz CT molecular complexity index is 1420. The molecule has 1 fully saturated rings. The van der Waals surface area contributed by atoms with Crippen LogP contribution in [0.2, 0.25) is 0 Å². The molecule has 1 saturated heterocycles. The van der Waals surface area contributed by atoms with Crippen LogP contribution in [-0.2, 0) is 0 Å². The van der Waals surface area contributed by atoms with Crippen molar-refractivity contribution < 1.29 is 8.78 Å². The maximum absolute atomic E-state index is 13.7. The van der Waals surface area contributed by atoms with Gasteiger partial charge in [-0.25, -0.2) is 18.7 Å². The molecule has 3 heterocycles. The predicted octanol–water partition coefficient (Wildman–Crippen LogP) is 6.55. The number of halogens is 2. The fraction of sp³-hybridized carbons (Fsp3) is 0.172. The van der Waals surface area contributed by atoms with E-state index >= 15 is 0 Å². The molecule has 3 aromatic carbocycles. The summed E-state index contributed by atoms with van der Waals surface area (Å²) in [5, 5.41) is 3.25. The highest BCUT2D eigenvalue weighted by molar-refractivity contribution is 7.17. The lowest BCUT2D eigenvalue weighted by Gasteiger charge is -2.40. The average Bonchev–Trinajstić information content (AvgIpc) is 3.36. The van der Waals surface area contributed by atoms with E-state index in [1.54, 1.807) is 17.7 Å². The van der Waals surface area contributed by atoms with Crippen LogP contribution in [0.4, 0.5) is 14.6 Å². The van der Waals surface area contributed by atoms with Crippen LogP contribution in [0.5, 0.6) is 0 Å². The lowest BCUT2D eigenvalue weighted by molar-refractivity contribution is 0.212. The molecular weight excluding hydrogens is 474 g/mol. The zero-order valence-corrected chi connectivity index (χ0v) is 20.3. The highest BCUT2D eigenvalue weighted by Crippen LogP contribution is 2.38. The minimum Gasteiger partial charge on any atom is -0.353 e. The number of hydrogen-bond acceptors (Lipinski definition) is 5. The normalized spacial score (nSPS) is 14.6. The molecule has 1 aliphatic heterocycles. The zero-order valence-electron chi connectivity index (χ0n) is 19.5. The Morgan fingerprint density at radius 1 is 0.722 bits per heavy atom. The zero-order chi connectivity index (χ0) is 24.5. The second-order valence-electron chi connectivity index (χ2n) is 8.92. The molecule has 36 heavy (non-hydrogen) atoms. The Balaban J connectivity index is 1.30. The summed E-state index contributed by atoms with van der Waals surface area (Å²) in [4.78, 5) is 14.9. The first-order valence-electron chi connectivity index (χ1n) is 11.9. The monoisotopic (exact) mass is 498 g/mol. The Morgan fingerprint density at radius 3 is 1.94 bits per heavy atom. The summed E-state index contributed by atoms with van der Waals surface area (Å²) >= 11 is 1.64. The van der Waals surface area contributed by atoms with E-state index in [0.29, 0.717) is 0 Å². The topological polar surface area (TPSA) is 32.3 Å². The molecule has 1 aliphatic rings. The molecule has 0 spiro atoms. The summed E-state index contributed by atoms with van der Waals surface area (Å²) in [5.74, 6) is 0.429. The van der Waals surface area contributed by atoms with E-state index in [2.05, 4.69) is 32.3 Å². The molecular formula is C29H24F2N4S. The SMILES string of the molecule is Fc1ccc(C(c2ccc(F)cc2)N2CCN(c3ncnc4scc(-c5ccccc5)c34)CC2)cc1. The molecule has 0 atom stereocenters. The van der Waals surface area contributed by atoms with Gasteiger partial charge in [-0.1, -0.05) is 54.6 Å². The summed E-state index contributed by atoms with van der Waals surface area (Å²) in [6.45, 7) is 3.15. The maximum atomic E-state index is 13.7. The van der Waals surface area contributed by atoms with E-state index < -0.39 is 0 Å². The molecule has 4 nitrogen and oxygen atoms in total. The van der Waals surface area contributed by atoms with Crippen molar-refractivity contribution >= 4 is 27.4 Å². The van der Waals surface area contributed by atoms with Crippen molar-refractivity contribution in [2.45, 2.75) is 6.04 Å². The highest BCUT2D eigenvalue weighted by atomic mass is 32.1. The summed E-state index contributed by atoms with van der Waals surface area (Å²) in [6.07, 6.45) is 1.65. The second kappa shape index (κ2) is 9.76. The molecule has 0 unspecified atom stereocenters. The van der Waals surface area contributed by atoms with Gasteiger partial charge < -0.3 is 4.90 Å². The number of benzene rings is 3. The molecule has 0 radical (unpaired) electrons. The average molecular weight is 499 g/mol. The van der Waals surface area contributed by atoms with E-state index in [1.807, 2.05) is 42.5 Å². The third kappa shape index (κ3) is 4.36. The molecule has 0 aliphatic carbocycles. The number of rotatable bonds is 5. The molecule has 0 bridgehead atoms. The van der Waals surface area contributed by atoms with Crippen LogP contribution in [0.15, 0.2) is 90.6 Å². The van der Waals surface area contributed by atoms with Crippen LogP contribution in [0.25, 0.3) is 21.3 Å². The van der Waals surface area contributed by atoms with Gasteiger partial charge in [-0.3, -0.25) is 4.90 Å². The largest absolute Gasteiger partial charge is 0.353 e. The van der Waals surface area contributed by atoms with Crippen molar-refractivity contribution in [3.8, 4) is 11.1 Å². The predicted molar refractivity (Wildman–Crippen MR) is 141 cm³/mol. The number of thiophene rings is 1. The van der Waals surface area contributed by atoms with Gasteiger partial charge in [0.1, 0.15) is 28.6 Å². The molecule has 0 N–H and O–H groups in total. The first kappa shape index (κ1) is 22.8. The van der Waals surface area contributed by atoms with Gasteiger partial charge in [-0.2, -0.15) is 0 Å². The van der Waals surface area contributed by atoms with Crippen molar-refractivity contribution in [3.05, 3.63) is 113 Å². The Hall–Kier alpha value is -3.68. The molecule has 2 aromatic heterocycles. The van der Waals surface area contributed by atoms with Crippen molar-refractivity contribution in [3.63, 3.8) is 0 Å². The summed E-state index contributed by atoms with van der Waals surface area (Å²) in [5.41, 5.74) is 4.30. The number of aromatic nitrogens is 2. The second-order valence-corrected chi connectivity index (χ2v) is 9.78. The lowest BCUT2D eigenvalue weighted by atomic mass is 9.96. The van der Waals surface area contributed by atoms with Gasteiger partial charge in [-0.15, -0.1) is 11.3 Å². The molecule has 0 amide bonds. The summed E-state index contributed by atoms with van der Waals surface area (Å²) in [7, 11) is 0. The van der Waals surface area contributed by atoms with Gasteiger partial charge in [0.15, 0.2) is 0 Å². The highest BCUT2D eigenvalue weighted by Gasteiger charge is 2.28. The minimum absolute atomic E-state index is 0.0835. The number of anilines is 1. The van der Waals surface area contributed by atoms with Gasteiger partial charge in [0.25, 0.3) is 0 Å². The van der Waals surface area contributed by atoms with Gasteiger partial charge in [0.05, 0.1) is 11.4 Å². The maximum Gasteiger partial charge on any atom is 0.141 e. The van der Waals surface area contributed by atoms with E-state index in [-0.39, 0.29) is 17.7 Å². The van der Waals surface area contributed by atoms with Crippen LogP contribution >= 0.6 is 11.3 Å². The number of piperazine rings is 1. The van der Waals surface area contributed by atoms with E-state index in [4.69, 9.17) is 4.98 Å². The van der Waals surface area contributed by atoms with Gasteiger partial charge in [-0.05, 0) is 41.0 Å². The van der Waals surface area contributed by atoms with Gasteiger partial charge in [0, 0.05) is 37.1 Å². The van der Waals surface area contributed by atoms with Crippen LogP contribution in [0.3, 0.4) is 0 Å². The molecule has 7 heteroatoms. The molecule has 0 saturated carbocycles. The fourth-order valence-corrected chi connectivity index (χ4v) is 5.94. The van der Waals surface area contributed by atoms with Gasteiger partial charge in [0.2, 0.25) is 0 Å². The summed E-state index contributed by atoms with van der Waals surface area (Å²) in [6, 6.07) is 23.5. The molecule has 180 valence electrons. The van der Waals surface area contributed by atoms with E-state index in [0.717, 1.165) is 64.5 Å². The van der Waals surface area contributed by atoms with E-state index in [9.17, 15) is 8.78 Å². The summed E-state index contributed by atoms with van der Waals surface area (Å²) < 4.78 is 27.3. The molecule has 5 aromatic rings. The minimum atomic E-state index is -0.265. The lowest BCUT2D eigenvalue weighted by Crippen LogP contribution is -2.48. The van der Waals surface area contributed by atoms with Crippen LogP contribution < -0.4 is 4.90 Å². The smallest absolute Gasteiger partial charge is 0.141 e.